The quantitative estimate of drug-likeness (QED) is 0.304. The van der Waals surface area contributed by atoms with E-state index in [4.69, 9.17) is 13.2 Å². The lowest BCUT2D eigenvalue weighted by Crippen LogP contribution is -2.52. The summed E-state index contributed by atoms with van der Waals surface area (Å²) in [6.45, 7) is 44.6. The molecule has 1 aromatic carbocycles. The summed E-state index contributed by atoms with van der Waals surface area (Å²) in [7, 11) is 0. The van der Waals surface area contributed by atoms with Crippen molar-refractivity contribution >= 4 is 5.57 Å². The molecule has 0 amide bonds. The van der Waals surface area contributed by atoms with Gasteiger partial charge >= 0.3 is 0 Å². The topological polar surface area (TPSA) is 0 Å². The van der Waals surface area contributed by atoms with Crippen LogP contribution in [0.25, 0.3) is 5.57 Å². The molecule has 0 aromatic heterocycles. The second kappa shape index (κ2) is 10.2. The van der Waals surface area contributed by atoms with Gasteiger partial charge in [0, 0.05) is 5.41 Å². The van der Waals surface area contributed by atoms with Gasteiger partial charge in [0.05, 0.1) is 0 Å². The third kappa shape index (κ3) is 4.49. The van der Waals surface area contributed by atoms with E-state index < -0.39 is 0 Å². The van der Waals surface area contributed by atoms with Gasteiger partial charge in [-0.2, -0.15) is 0 Å². The molecule has 0 N–H and O–H groups in total. The summed E-state index contributed by atoms with van der Waals surface area (Å²) in [4.78, 5) is 0. The first-order valence-corrected chi connectivity index (χ1v) is 15.7. The zero-order valence-electron chi connectivity index (χ0n) is 27.8. The van der Waals surface area contributed by atoms with E-state index in [1.807, 2.05) is 0 Å². The zero-order valence-corrected chi connectivity index (χ0v) is 27.8. The fourth-order valence-electron chi connectivity index (χ4n) is 9.23. The first-order chi connectivity index (χ1) is 18.4. The Labute approximate surface area is 247 Å². The van der Waals surface area contributed by atoms with Crippen molar-refractivity contribution in [2.24, 2.45) is 22.2 Å². The molecule has 0 saturated carbocycles. The maximum absolute atomic E-state index is 4.92. The highest BCUT2D eigenvalue weighted by atomic mass is 14.6. The van der Waals surface area contributed by atoms with Crippen molar-refractivity contribution in [3.8, 4) is 0 Å². The van der Waals surface area contributed by atoms with E-state index in [2.05, 4.69) is 95.4 Å². The lowest BCUT2D eigenvalue weighted by Gasteiger charge is -2.62. The lowest BCUT2D eigenvalue weighted by molar-refractivity contribution is 0.0543. The van der Waals surface area contributed by atoms with Crippen molar-refractivity contribution in [2.75, 3.05) is 0 Å². The van der Waals surface area contributed by atoms with Gasteiger partial charge in [-0.3, -0.25) is 0 Å². The third-order valence-electron chi connectivity index (χ3n) is 11.3. The van der Waals surface area contributed by atoms with Crippen LogP contribution in [0.5, 0.6) is 0 Å². The molecule has 216 valence electrons. The van der Waals surface area contributed by atoms with Gasteiger partial charge in [0.2, 0.25) is 0 Å². The molecule has 3 atom stereocenters. The molecule has 40 heavy (non-hydrogen) atoms. The standard InChI is InChI=1S/C40H56/c1-23(2)16-17-26(7)18-32-19-33(24(3)4)34-21-38(13)22-39(14)20-27(8)35(25(5)6)30(11)40(39,15)31(12)37(38)29(10)36(34)28(32)9/h19,23-24H,5,7,10-11,16-18,20-22H2,1-4,6,8-9,12-15H3/t38-,39+,40-/m1/s1. The van der Waals surface area contributed by atoms with Crippen LogP contribution >= 0.6 is 0 Å². The Bertz CT molecular complexity index is 1380. The Kier molecular flexibility index (Phi) is 7.79. The second-order valence-electron chi connectivity index (χ2n) is 15.3. The molecule has 0 unspecified atom stereocenters. The minimum Gasteiger partial charge on any atom is -0.0995 e. The molecule has 4 rings (SSSR count). The van der Waals surface area contributed by atoms with E-state index in [9.17, 15) is 0 Å². The molecular formula is C40H56. The fourth-order valence-corrected chi connectivity index (χ4v) is 9.23. The first-order valence-electron chi connectivity index (χ1n) is 15.7. The molecular weight excluding hydrogens is 480 g/mol. The van der Waals surface area contributed by atoms with Gasteiger partial charge < -0.3 is 0 Å². The third-order valence-corrected chi connectivity index (χ3v) is 11.3. The van der Waals surface area contributed by atoms with E-state index in [-0.39, 0.29) is 16.2 Å². The van der Waals surface area contributed by atoms with Crippen molar-refractivity contribution in [3.63, 3.8) is 0 Å². The van der Waals surface area contributed by atoms with Crippen molar-refractivity contribution in [3.05, 3.63) is 99.2 Å². The van der Waals surface area contributed by atoms with Crippen LogP contribution in [0.2, 0.25) is 0 Å². The number of hydrogen-bond donors (Lipinski definition) is 0. The Morgan fingerprint density at radius 3 is 2.15 bits per heavy atom. The predicted molar refractivity (Wildman–Crippen MR) is 178 cm³/mol. The van der Waals surface area contributed by atoms with Crippen LogP contribution in [0.1, 0.15) is 129 Å². The van der Waals surface area contributed by atoms with Crippen LogP contribution in [0.3, 0.4) is 0 Å². The Hall–Kier alpha value is -2.34. The Balaban J connectivity index is 1.93. The van der Waals surface area contributed by atoms with Crippen LogP contribution < -0.4 is 0 Å². The summed E-state index contributed by atoms with van der Waals surface area (Å²) in [5.74, 6) is 1.18. The predicted octanol–water partition coefficient (Wildman–Crippen LogP) is 11.8. The van der Waals surface area contributed by atoms with Gasteiger partial charge in [0.15, 0.2) is 0 Å². The molecule has 0 heteroatoms. The minimum absolute atomic E-state index is 0.0577. The molecule has 0 nitrogen and oxygen atoms in total. The summed E-state index contributed by atoms with van der Waals surface area (Å²) >= 11 is 0. The number of benzene rings is 1. The van der Waals surface area contributed by atoms with E-state index in [0.29, 0.717) is 11.8 Å². The van der Waals surface area contributed by atoms with Gasteiger partial charge in [-0.15, -0.1) is 0 Å². The van der Waals surface area contributed by atoms with Crippen LogP contribution in [0.4, 0.5) is 0 Å². The highest BCUT2D eigenvalue weighted by molar-refractivity contribution is 5.87. The molecule has 0 aliphatic heterocycles. The van der Waals surface area contributed by atoms with Crippen molar-refractivity contribution in [1.29, 1.82) is 0 Å². The average Bonchev–Trinajstić information content (AvgIpc) is 2.81. The summed E-state index contributed by atoms with van der Waals surface area (Å²) in [6.07, 6.45) is 6.60. The molecule has 1 aromatic rings. The molecule has 0 fully saturated rings. The summed E-state index contributed by atoms with van der Waals surface area (Å²) in [5.41, 5.74) is 18.1. The largest absolute Gasteiger partial charge is 0.0995 e. The van der Waals surface area contributed by atoms with Crippen LogP contribution in [0, 0.1) is 29.1 Å². The SMILES string of the molecule is C=C(CCC(C)C)Cc1cc(C(C)C)c2c(c1C)C(=C)C1=C(C)[C@@]3(C)C(=C)C(C(=C)C)=C(C)C[C@@]3(C)C[C@@]1(C)C2. The molecule has 3 aliphatic carbocycles. The Morgan fingerprint density at radius 1 is 0.975 bits per heavy atom. The summed E-state index contributed by atoms with van der Waals surface area (Å²) < 4.78 is 0. The van der Waals surface area contributed by atoms with Crippen LogP contribution in [-0.2, 0) is 12.8 Å². The van der Waals surface area contributed by atoms with Gasteiger partial charge in [-0.1, -0.05) is 103 Å². The molecule has 0 bridgehead atoms. The van der Waals surface area contributed by atoms with Gasteiger partial charge in [-0.25, -0.2) is 0 Å². The van der Waals surface area contributed by atoms with Crippen molar-refractivity contribution in [2.45, 2.75) is 121 Å². The van der Waals surface area contributed by atoms with E-state index in [1.165, 1.54) is 67.7 Å². The zero-order chi connectivity index (χ0) is 30.1. The Morgan fingerprint density at radius 2 is 1.60 bits per heavy atom. The highest BCUT2D eigenvalue weighted by Gasteiger charge is 2.59. The average molecular weight is 537 g/mol. The van der Waals surface area contributed by atoms with Crippen molar-refractivity contribution < 1.29 is 0 Å². The van der Waals surface area contributed by atoms with Crippen LogP contribution in [0.15, 0.2) is 71.4 Å². The van der Waals surface area contributed by atoms with Gasteiger partial charge in [-0.05, 0) is 139 Å². The minimum atomic E-state index is -0.117. The highest BCUT2D eigenvalue weighted by Crippen LogP contribution is 2.70. The lowest BCUT2D eigenvalue weighted by atomic mass is 9.41. The molecule has 3 aliphatic rings. The smallest absolute Gasteiger partial charge is 0.0194 e. The van der Waals surface area contributed by atoms with Gasteiger partial charge in [0.25, 0.3) is 0 Å². The summed E-state index contributed by atoms with van der Waals surface area (Å²) in [5, 5.41) is 0. The second-order valence-corrected chi connectivity index (χ2v) is 15.3. The maximum Gasteiger partial charge on any atom is 0.0194 e. The molecule has 0 saturated heterocycles. The number of allylic oxidation sites excluding steroid dienone is 8. The number of rotatable bonds is 7. The maximum atomic E-state index is 4.92. The first kappa shape index (κ1) is 30.6. The van der Waals surface area contributed by atoms with E-state index in [1.54, 1.807) is 5.56 Å². The molecule has 0 spiro atoms. The summed E-state index contributed by atoms with van der Waals surface area (Å²) in [6, 6.07) is 2.53. The van der Waals surface area contributed by atoms with Gasteiger partial charge in [0.1, 0.15) is 0 Å². The number of fused-ring (bicyclic) bond motifs is 3. The van der Waals surface area contributed by atoms with E-state index in [0.717, 1.165) is 37.7 Å². The normalized spacial score (nSPS) is 28.2. The van der Waals surface area contributed by atoms with E-state index >= 15 is 0 Å². The monoisotopic (exact) mass is 536 g/mol. The van der Waals surface area contributed by atoms with Crippen LogP contribution in [-0.4, -0.2) is 0 Å². The number of hydrogen-bond acceptors (Lipinski definition) is 0. The van der Waals surface area contributed by atoms with Crippen molar-refractivity contribution in [1.82, 2.24) is 0 Å². The fraction of sp³-hybridized carbons (Fsp3) is 0.550. The molecule has 0 heterocycles. The molecule has 0 radical (unpaired) electrons.